The van der Waals surface area contributed by atoms with Crippen molar-refractivity contribution >= 4 is 17.7 Å². The lowest BCUT2D eigenvalue weighted by Gasteiger charge is -2.17. The summed E-state index contributed by atoms with van der Waals surface area (Å²) in [6, 6.07) is 26.1. The van der Waals surface area contributed by atoms with E-state index in [-0.39, 0.29) is 17.0 Å². The number of benzene rings is 3. The van der Waals surface area contributed by atoms with E-state index in [0.717, 1.165) is 16.0 Å². The Morgan fingerprint density at radius 3 is 2.15 bits per heavy atom. The van der Waals surface area contributed by atoms with E-state index in [2.05, 4.69) is 5.32 Å². The van der Waals surface area contributed by atoms with Gasteiger partial charge in [0.15, 0.2) is 0 Å². The van der Waals surface area contributed by atoms with Crippen molar-refractivity contribution in [3.05, 3.63) is 102 Å². The molecule has 0 heterocycles. The molecule has 0 aliphatic carbocycles. The van der Waals surface area contributed by atoms with Crippen LogP contribution in [0.2, 0.25) is 0 Å². The summed E-state index contributed by atoms with van der Waals surface area (Å²) in [5, 5.41) is 2.70. The highest BCUT2D eigenvalue weighted by atomic mass is 32.2. The third kappa shape index (κ3) is 5.20. The van der Waals surface area contributed by atoms with E-state index in [1.165, 1.54) is 23.9 Å². The molecule has 1 N–H and O–H groups in total. The Balaban J connectivity index is 1.65. The van der Waals surface area contributed by atoms with Crippen molar-refractivity contribution in [2.45, 2.75) is 16.6 Å². The molecule has 3 aromatic carbocycles. The molecule has 3 aromatic rings. The Kier molecular flexibility index (Phi) is 6.45. The SMILES string of the molecule is O=C(NCCc1ccc(F)cc1)[C@H](Sc1ccccc1)c1ccccc1. The number of thioether (sulfide) groups is 1. The smallest absolute Gasteiger partial charge is 0.238 e. The van der Waals surface area contributed by atoms with E-state index in [1.54, 1.807) is 12.1 Å². The molecule has 0 aliphatic heterocycles. The fourth-order valence-corrected chi connectivity index (χ4v) is 3.68. The molecule has 3 rings (SSSR count). The van der Waals surface area contributed by atoms with Gasteiger partial charge in [0, 0.05) is 11.4 Å². The zero-order valence-corrected chi connectivity index (χ0v) is 15.1. The topological polar surface area (TPSA) is 29.1 Å². The van der Waals surface area contributed by atoms with Crippen LogP contribution in [0.15, 0.2) is 89.8 Å². The molecule has 0 saturated heterocycles. The quantitative estimate of drug-likeness (QED) is 0.596. The summed E-state index contributed by atoms with van der Waals surface area (Å²) in [5.74, 6) is -0.270. The number of carbonyl (C=O) groups is 1. The second-order valence-corrected chi connectivity index (χ2v) is 7.07. The number of amides is 1. The highest BCUT2D eigenvalue weighted by molar-refractivity contribution is 8.00. The zero-order chi connectivity index (χ0) is 18.2. The maximum atomic E-state index is 13.0. The Morgan fingerprint density at radius 2 is 1.50 bits per heavy atom. The van der Waals surface area contributed by atoms with E-state index in [1.807, 2.05) is 60.7 Å². The number of hydrogen-bond donors (Lipinski definition) is 1. The number of rotatable bonds is 7. The van der Waals surface area contributed by atoms with Crippen LogP contribution in [0, 0.1) is 5.82 Å². The van der Waals surface area contributed by atoms with Crippen LogP contribution in [-0.2, 0) is 11.2 Å². The molecule has 4 heteroatoms. The number of halogens is 1. The molecule has 132 valence electrons. The molecular formula is C22H20FNOS. The maximum absolute atomic E-state index is 13.0. The molecule has 1 amide bonds. The second kappa shape index (κ2) is 9.20. The van der Waals surface area contributed by atoms with Crippen molar-refractivity contribution in [3.63, 3.8) is 0 Å². The maximum Gasteiger partial charge on any atom is 0.238 e. The first kappa shape index (κ1) is 18.2. The normalized spacial score (nSPS) is 11.7. The predicted molar refractivity (Wildman–Crippen MR) is 105 cm³/mol. The van der Waals surface area contributed by atoms with Gasteiger partial charge in [0.2, 0.25) is 5.91 Å². The van der Waals surface area contributed by atoms with E-state index in [4.69, 9.17) is 0 Å². The predicted octanol–water partition coefficient (Wildman–Crippen LogP) is 5.02. The molecule has 0 bridgehead atoms. The van der Waals surface area contributed by atoms with Crippen LogP contribution in [0.4, 0.5) is 4.39 Å². The van der Waals surface area contributed by atoms with Gasteiger partial charge in [0.05, 0.1) is 0 Å². The number of hydrogen-bond acceptors (Lipinski definition) is 2. The average molecular weight is 365 g/mol. The Morgan fingerprint density at radius 1 is 0.885 bits per heavy atom. The largest absolute Gasteiger partial charge is 0.355 e. The zero-order valence-electron chi connectivity index (χ0n) is 14.3. The molecule has 0 radical (unpaired) electrons. The summed E-state index contributed by atoms with van der Waals surface area (Å²) in [6.07, 6.45) is 0.670. The molecule has 26 heavy (non-hydrogen) atoms. The monoisotopic (exact) mass is 365 g/mol. The minimum atomic E-state index is -0.313. The van der Waals surface area contributed by atoms with Crippen LogP contribution in [-0.4, -0.2) is 12.5 Å². The minimum absolute atomic E-state index is 0.0211. The van der Waals surface area contributed by atoms with Gasteiger partial charge >= 0.3 is 0 Å². The van der Waals surface area contributed by atoms with Crippen LogP contribution in [0.25, 0.3) is 0 Å². The summed E-state index contributed by atoms with van der Waals surface area (Å²) in [6.45, 7) is 0.517. The Hall–Kier alpha value is -2.59. The molecule has 2 nitrogen and oxygen atoms in total. The first-order valence-electron chi connectivity index (χ1n) is 8.51. The summed E-state index contributed by atoms with van der Waals surface area (Å²) in [5.41, 5.74) is 1.97. The van der Waals surface area contributed by atoms with Crippen molar-refractivity contribution in [1.82, 2.24) is 5.32 Å². The van der Waals surface area contributed by atoms with Gasteiger partial charge in [-0.05, 0) is 41.8 Å². The second-order valence-electron chi connectivity index (χ2n) is 5.89. The minimum Gasteiger partial charge on any atom is -0.355 e. The molecule has 0 spiro atoms. The van der Waals surface area contributed by atoms with Gasteiger partial charge in [0.1, 0.15) is 11.1 Å². The van der Waals surface area contributed by atoms with Crippen molar-refractivity contribution in [2.24, 2.45) is 0 Å². The van der Waals surface area contributed by atoms with Crippen molar-refractivity contribution in [1.29, 1.82) is 0 Å². The first-order valence-corrected chi connectivity index (χ1v) is 9.39. The van der Waals surface area contributed by atoms with Crippen LogP contribution >= 0.6 is 11.8 Å². The van der Waals surface area contributed by atoms with Gasteiger partial charge in [0.25, 0.3) is 0 Å². The van der Waals surface area contributed by atoms with E-state index < -0.39 is 0 Å². The van der Waals surface area contributed by atoms with Gasteiger partial charge in [-0.15, -0.1) is 11.8 Å². The van der Waals surface area contributed by atoms with Crippen molar-refractivity contribution in [2.75, 3.05) is 6.54 Å². The lowest BCUT2D eigenvalue weighted by Crippen LogP contribution is -2.29. The van der Waals surface area contributed by atoms with E-state index in [9.17, 15) is 9.18 Å². The highest BCUT2D eigenvalue weighted by Gasteiger charge is 2.21. The Bertz CT molecular complexity index is 822. The number of carbonyl (C=O) groups excluding carboxylic acids is 1. The molecular weight excluding hydrogens is 345 g/mol. The summed E-state index contributed by atoms with van der Waals surface area (Å²) < 4.78 is 13.0. The molecule has 0 aliphatic rings. The van der Waals surface area contributed by atoms with Crippen LogP contribution < -0.4 is 5.32 Å². The third-order valence-electron chi connectivity index (χ3n) is 3.96. The average Bonchev–Trinajstić information content (AvgIpc) is 2.69. The highest BCUT2D eigenvalue weighted by Crippen LogP contribution is 2.35. The van der Waals surface area contributed by atoms with E-state index >= 15 is 0 Å². The van der Waals surface area contributed by atoms with Gasteiger partial charge < -0.3 is 5.32 Å². The van der Waals surface area contributed by atoms with Crippen molar-refractivity contribution in [3.8, 4) is 0 Å². The van der Waals surface area contributed by atoms with Crippen molar-refractivity contribution < 1.29 is 9.18 Å². The molecule has 0 fully saturated rings. The van der Waals surface area contributed by atoms with Gasteiger partial charge in [-0.3, -0.25) is 4.79 Å². The molecule has 0 saturated carbocycles. The number of nitrogens with one attached hydrogen (secondary N) is 1. The standard InChI is InChI=1S/C22H20FNOS/c23-19-13-11-17(12-14-19)15-16-24-22(25)21(18-7-3-1-4-8-18)26-20-9-5-2-6-10-20/h1-14,21H,15-16H2,(H,24,25)/t21-/m1/s1. The molecule has 1 atom stereocenters. The fraction of sp³-hybridized carbons (Fsp3) is 0.136. The molecule has 0 unspecified atom stereocenters. The van der Waals surface area contributed by atoms with Crippen LogP contribution in [0.1, 0.15) is 16.4 Å². The van der Waals surface area contributed by atoms with Gasteiger partial charge in [-0.2, -0.15) is 0 Å². The van der Waals surface area contributed by atoms with E-state index in [0.29, 0.717) is 13.0 Å². The third-order valence-corrected chi connectivity index (χ3v) is 5.23. The summed E-state index contributed by atoms with van der Waals surface area (Å²) >= 11 is 1.54. The lowest BCUT2D eigenvalue weighted by atomic mass is 10.1. The first-order chi connectivity index (χ1) is 12.7. The molecule has 0 aromatic heterocycles. The fourth-order valence-electron chi connectivity index (χ4n) is 2.61. The van der Waals surface area contributed by atoms with Crippen LogP contribution in [0.5, 0.6) is 0 Å². The summed E-state index contributed by atoms with van der Waals surface area (Å²) in [7, 11) is 0. The Labute approximate surface area is 157 Å². The van der Waals surface area contributed by atoms with Gasteiger partial charge in [-0.25, -0.2) is 4.39 Å². The summed E-state index contributed by atoms with van der Waals surface area (Å²) in [4.78, 5) is 13.9. The van der Waals surface area contributed by atoms with Gasteiger partial charge in [-0.1, -0.05) is 60.7 Å². The van der Waals surface area contributed by atoms with Crippen LogP contribution in [0.3, 0.4) is 0 Å². The lowest BCUT2D eigenvalue weighted by molar-refractivity contribution is -0.120.